The molecule has 5 rings (SSSR count). The minimum absolute atomic E-state index is 0.0798. The number of thioether (sulfide) groups is 1. The molecule has 1 N–H and O–H groups in total. The molecule has 1 aromatic carbocycles. The van der Waals surface area contributed by atoms with Gasteiger partial charge in [-0.05, 0) is 62.6 Å². The van der Waals surface area contributed by atoms with E-state index >= 15 is 0 Å². The number of hydrogen-bond acceptors (Lipinski definition) is 7. The summed E-state index contributed by atoms with van der Waals surface area (Å²) in [5.41, 5.74) is 0.894. The van der Waals surface area contributed by atoms with Gasteiger partial charge < -0.3 is 10.1 Å². The number of thiophene rings is 1. The number of rotatable bonds is 6. The van der Waals surface area contributed by atoms with Crippen molar-refractivity contribution in [2.24, 2.45) is 0 Å². The van der Waals surface area contributed by atoms with Gasteiger partial charge in [0.2, 0.25) is 5.91 Å². The number of nitrogens with zero attached hydrogens (tertiary/aromatic N) is 3. The van der Waals surface area contributed by atoms with E-state index in [1.165, 1.54) is 16.6 Å². The third-order valence-corrected chi connectivity index (χ3v) is 8.53. The largest absolute Gasteiger partial charge is 0.497 e. The monoisotopic (exact) mass is 480 g/mol. The van der Waals surface area contributed by atoms with E-state index in [9.17, 15) is 14.9 Å². The predicted octanol–water partition coefficient (Wildman–Crippen LogP) is 3.99. The van der Waals surface area contributed by atoms with Crippen LogP contribution in [-0.2, 0) is 17.6 Å². The van der Waals surface area contributed by atoms with Crippen LogP contribution in [0.2, 0.25) is 0 Å². The van der Waals surface area contributed by atoms with Crippen molar-refractivity contribution in [3.05, 3.63) is 45.1 Å². The predicted molar refractivity (Wildman–Crippen MR) is 129 cm³/mol. The zero-order chi connectivity index (χ0) is 23.0. The van der Waals surface area contributed by atoms with Gasteiger partial charge in [0.1, 0.15) is 16.1 Å². The van der Waals surface area contributed by atoms with Crippen molar-refractivity contribution >= 4 is 39.2 Å². The summed E-state index contributed by atoms with van der Waals surface area (Å²) < 4.78 is 6.95. The second-order valence-electron chi connectivity index (χ2n) is 8.51. The molecular formula is C24H24N4O3S2. The third-order valence-electron chi connectivity index (χ3n) is 6.40. The lowest BCUT2D eigenvalue weighted by molar-refractivity contribution is -0.119. The number of ether oxygens (including phenoxy) is 1. The summed E-state index contributed by atoms with van der Waals surface area (Å²) in [5.74, 6) is 0.501. The molecule has 0 unspecified atom stereocenters. The molecule has 0 aliphatic heterocycles. The molecule has 9 heteroatoms. The second kappa shape index (κ2) is 8.84. The van der Waals surface area contributed by atoms with Gasteiger partial charge in [-0.15, -0.1) is 11.3 Å². The van der Waals surface area contributed by atoms with Crippen molar-refractivity contribution < 1.29 is 9.53 Å². The van der Waals surface area contributed by atoms with E-state index in [-0.39, 0.29) is 17.2 Å². The summed E-state index contributed by atoms with van der Waals surface area (Å²) in [5, 5.41) is 13.6. The van der Waals surface area contributed by atoms with Gasteiger partial charge in [-0.3, -0.25) is 14.2 Å². The van der Waals surface area contributed by atoms with E-state index in [2.05, 4.69) is 11.4 Å². The van der Waals surface area contributed by atoms with E-state index in [0.29, 0.717) is 34.8 Å². The van der Waals surface area contributed by atoms with Crippen molar-refractivity contribution in [3.8, 4) is 17.5 Å². The standard InChI is InChI=1S/C24H24N4O3S2/c1-31-16-7-4-6-15(12-16)28-22(30)20-17-8-5-9-18(17)33-21(20)26-23(28)32-13-19(29)27-24(14-25)10-2-3-11-24/h4,6-7,12H,2-3,5,8-11,13H2,1H3,(H,27,29). The summed E-state index contributed by atoms with van der Waals surface area (Å²) in [6.45, 7) is 0. The maximum Gasteiger partial charge on any atom is 0.267 e. The molecule has 1 amide bonds. The molecule has 0 spiro atoms. The minimum atomic E-state index is -0.768. The van der Waals surface area contributed by atoms with Crippen molar-refractivity contribution in [2.45, 2.75) is 55.6 Å². The SMILES string of the molecule is COc1cccc(-n2c(SCC(=O)NC3(C#N)CCCC3)nc3sc4c(c3c2=O)CCC4)c1. The van der Waals surface area contributed by atoms with Gasteiger partial charge in [0.05, 0.1) is 30.0 Å². The van der Waals surface area contributed by atoms with E-state index < -0.39 is 5.54 Å². The highest BCUT2D eigenvalue weighted by Crippen LogP contribution is 2.36. The summed E-state index contributed by atoms with van der Waals surface area (Å²) in [4.78, 5) is 33.3. The van der Waals surface area contributed by atoms with E-state index in [1.54, 1.807) is 29.1 Å². The number of benzene rings is 1. The van der Waals surface area contributed by atoms with Gasteiger partial charge in [-0.25, -0.2) is 4.98 Å². The number of nitrogens with one attached hydrogen (secondary N) is 1. The first kappa shape index (κ1) is 22.0. The van der Waals surface area contributed by atoms with Crippen molar-refractivity contribution in [2.75, 3.05) is 12.9 Å². The zero-order valence-electron chi connectivity index (χ0n) is 18.3. The number of fused-ring (bicyclic) bond motifs is 3. The van der Waals surface area contributed by atoms with Crippen LogP contribution >= 0.6 is 23.1 Å². The van der Waals surface area contributed by atoms with Gasteiger partial charge in [-0.1, -0.05) is 17.8 Å². The summed E-state index contributed by atoms with van der Waals surface area (Å²) in [7, 11) is 1.59. The lowest BCUT2D eigenvalue weighted by atomic mass is 10.0. The molecule has 2 aromatic heterocycles. The average Bonchev–Trinajstić information content (AvgIpc) is 3.54. The highest BCUT2D eigenvalue weighted by molar-refractivity contribution is 7.99. The minimum Gasteiger partial charge on any atom is -0.497 e. The Balaban J connectivity index is 1.52. The lowest BCUT2D eigenvalue weighted by Crippen LogP contribution is -2.45. The van der Waals surface area contributed by atoms with Gasteiger partial charge >= 0.3 is 0 Å². The van der Waals surface area contributed by atoms with Crippen LogP contribution < -0.4 is 15.6 Å². The molecule has 0 radical (unpaired) electrons. The highest BCUT2D eigenvalue weighted by atomic mass is 32.2. The Hall–Kier alpha value is -2.83. The van der Waals surface area contributed by atoms with Gasteiger partial charge in [-0.2, -0.15) is 5.26 Å². The topological polar surface area (TPSA) is 97.0 Å². The van der Waals surface area contributed by atoms with E-state index in [0.717, 1.165) is 42.5 Å². The normalized spacial score (nSPS) is 16.5. The van der Waals surface area contributed by atoms with Crippen molar-refractivity contribution in [1.82, 2.24) is 14.9 Å². The molecule has 1 saturated carbocycles. The summed E-state index contributed by atoms with van der Waals surface area (Å²) in [6, 6.07) is 9.59. The maximum absolute atomic E-state index is 13.7. The highest BCUT2D eigenvalue weighted by Gasteiger charge is 2.35. The molecule has 0 bridgehead atoms. The van der Waals surface area contributed by atoms with Crippen LogP contribution in [0.25, 0.3) is 15.9 Å². The first-order chi connectivity index (χ1) is 16.0. The zero-order valence-corrected chi connectivity index (χ0v) is 20.0. The van der Waals surface area contributed by atoms with Gasteiger partial charge in [0.25, 0.3) is 5.56 Å². The number of carbonyl (C=O) groups excluding carboxylic acids is 1. The van der Waals surface area contributed by atoms with Crippen molar-refractivity contribution in [3.63, 3.8) is 0 Å². The maximum atomic E-state index is 13.7. The number of aryl methyl sites for hydroxylation is 2. The quantitative estimate of drug-likeness (QED) is 0.423. The van der Waals surface area contributed by atoms with Crippen LogP contribution in [0.5, 0.6) is 5.75 Å². The fraction of sp³-hybridized carbons (Fsp3) is 0.417. The molecular weight excluding hydrogens is 456 g/mol. The van der Waals surface area contributed by atoms with E-state index in [1.807, 2.05) is 18.2 Å². The Morgan fingerprint density at radius 3 is 2.91 bits per heavy atom. The van der Waals surface area contributed by atoms with Gasteiger partial charge in [0, 0.05) is 10.9 Å². The first-order valence-corrected chi connectivity index (χ1v) is 12.9. The van der Waals surface area contributed by atoms with Crippen molar-refractivity contribution in [1.29, 1.82) is 5.26 Å². The van der Waals surface area contributed by atoms with Gasteiger partial charge in [0.15, 0.2) is 5.16 Å². The fourth-order valence-corrected chi connectivity index (χ4v) is 6.89. The molecule has 2 aliphatic carbocycles. The number of nitriles is 1. The summed E-state index contributed by atoms with van der Waals surface area (Å²) >= 11 is 2.81. The number of amides is 1. The smallest absolute Gasteiger partial charge is 0.267 e. The molecule has 0 atom stereocenters. The van der Waals surface area contributed by atoms with Crippen LogP contribution in [0.4, 0.5) is 0 Å². The second-order valence-corrected chi connectivity index (χ2v) is 10.5. The van der Waals surface area contributed by atoms with Crippen LogP contribution in [0.15, 0.2) is 34.2 Å². The molecule has 3 aromatic rings. The molecule has 170 valence electrons. The first-order valence-electron chi connectivity index (χ1n) is 11.1. The van der Waals surface area contributed by atoms with Crippen LogP contribution in [-0.4, -0.2) is 33.9 Å². The van der Waals surface area contributed by atoms with Crippen LogP contribution in [0, 0.1) is 11.3 Å². The molecule has 2 heterocycles. The number of methoxy groups -OCH3 is 1. The molecule has 7 nitrogen and oxygen atoms in total. The van der Waals surface area contributed by atoms with Crippen LogP contribution in [0.3, 0.4) is 0 Å². The number of aromatic nitrogens is 2. The number of carbonyl (C=O) groups is 1. The Bertz CT molecular complexity index is 1330. The fourth-order valence-electron chi connectivity index (χ4n) is 4.78. The molecule has 1 fully saturated rings. The lowest BCUT2D eigenvalue weighted by Gasteiger charge is -2.22. The Morgan fingerprint density at radius 1 is 1.33 bits per heavy atom. The summed E-state index contributed by atoms with van der Waals surface area (Å²) in [6.07, 6.45) is 6.19. The Kier molecular flexibility index (Phi) is 5.89. The Morgan fingerprint density at radius 2 is 2.15 bits per heavy atom. The van der Waals surface area contributed by atoms with E-state index in [4.69, 9.17) is 9.72 Å². The molecule has 0 saturated heterocycles. The third kappa shape index (κ3) is 4.02. The molecule has 2 aliphatic rings. The number of hydrogen-bond donors (Lipinski definition) is 1. The molecule has 33 heavy (non-hydrogen) atoms. The van der Waals surface area contributed by atoms with Crippen LogP contribution in [0.1, 0.15) is 42.5 Å². The average molecular weight is 481 g/mol. The Labute approximate surface area is 199 Å².